The summed E-state index contributed by atoms with van der Waals surface area (Å²) in [6.07, 6.45) is 1.29. The number of halogens is 1. The van der Waals surface area contributed by atoms with Crippen LogP contribution in [0.1, 0.15) is 25.0 Å². The van der Waals surface area contributed by atoms with Crippen LogP contribution in [0, 0.1) is 15.9 Å². The average Bonchev–Trinajstić information content (AvgIpc) is 2.68. The van der Waals surface area contributed by atoms with E-state index in [1.165, 1.54) is 27.0 Å². The first-order chi connectivity index (χ1) is 14.6. The summed E-state index contributed by atoms with van der Waals surface area (Å²) in [6.45, 7) is 2.68. The number of nitrogens with zero attached hydrogens (tertiary/aromatic N) is 1. The van der Waals surface area contributed by atoms with E-state index in [9.17, 15) is 24.1 Å². The number of benzene rings is 2. The van der Waals surface area contributed by atoms with Gasteiger partial charge in [0.1, 0.15) is 23.7 Å². The normalized spacial score (nSPS) is 15.0. The molecule has 0 spiro atoms. The SMILES string of the molecule is COc1ccc(C=C2C(=O)OC(C)(C)OC2=O)cc1COc1cc(F)ccc1[N+](=O)[O-]. The Bertz CT molecular complexity index is 1070. The van der Waals surface area contributed by atoms with E-state index in [1.807, 2.05) is 0 Å². The largest absolute Gasteiger partial charge is 0.496 e. The smallest absolute Gasteiger partial charge is 0.348 e. The summed E-state index contributed by atoms with van der Waals surface area (Å²) in [7, 11) is 1.42. The molecule has 9 nitrogen and oxygen atoms in total. The lowest BCUT2D eigenvalue weighted by molar-refractivity contribution is -0.386. The second-order valence-corrected chi connectivity index (χ2v) is 6.97. The summed E-state index contributed by atoms with van der Waals surface area (Å²) in [4.78, 5) is 34.7. The van der Waals surface area contributed by atoms with Gasteiger partial charge in [0, 0.05) is 31.5 Å². The number of hydrogen-bond donors (Lipinski definition) is 0. The third kappa shape index (κ3) is 4.97. The molecule has 2 aromatic carbocycles. The molecule has 1 aliphatic rings. The molecule has 0 aromatic heterocycles. The number of methoxy groups -OCH3 is 1. The lowest BCUT2D eigenvalue weighted by atomic mass is 10.1. The topological polar surface area (TPSA) is 114 Å². The fraction of sp³-hybridized carbons (Fsp3) is 0.238. The molecule has 0 atom stereocenters. The highest BCUT2D eigenvalue weighted by Gasteiger charge is 2.38. The first-order valence-electron chi connectivity index (χ1n) is 9.01. The fourth-order valence-electron chi connectivity index (χ4n) is 2.86. The van der Waals surface area contributed by atoms with Crippen molar-refractivity contribution in [2.45, 2.75) is 26.2 Å². The van der Waals surface area contributed by atoms with Gasteiger partial charge in [-0.05, 0) is 29.8 Å². The van der Waals surface area contributed by atoms with Crippen LogP contribution in [-0.2, 0) is 25.7 Å². The van der Waals surface area contributed by atoms with E-state index < -0.39 is 34.2 Å². The monoisotopic (exact) mass is 431 g/mol. The van der Waals surface area contributed by atoms with Crippen molar-refractivity contribution in [3.05, 3.63) is 69.0 Å². The average molecular weight is 431 g/mol. The first kappa shape index (κ1) is 21.8. The van der Waals surface area contributed by atoms with Crippen molar-refractivity contribution in [2.75, 3.05) is 7.11 Å². The van der Waals surface area contributed by atoms with Crippen molar-refractivity contribution in [1.29, 1.82) is 0 Å². The van der Waals surface area contributed by atoms with E-state index in [1.54, 1.807) is 18.2 Å². The van der Waals surface area contributed by atoms with Crippen molar-refractivity contribution in [3.63, 3.8) is 0 Å². The van der Waals surface area contributed by atoms with Gasteiger partial charge >= 0.3 is 17.6 Å². The van der Waals surface area contributed by atoms with E-state index in [-0.39, 0.29) is 17.9 Å². The first-order valence-corrected chi connectivity index (χ1v) is 9.01. The highest BCUT2D eigenvalue weighted by Crippen LogP contribution is 2.30. The van der Waals surface area contributed by atoms with Crippen LogP contribution in [0.5, 0.6) is 11.5 Å². The summed E-state index contributed by atoms with van der Waals surface area (Å²) in [5.41, 5.74) is 0.177. The maximum absolute atomic E-state index is 13.5. The molecule has 0 bridgehead atoms. The van der Waals surface area contributed by atoms with E-state index in [4.69, 9.17) is 18.9 Å². The number of ether oxygens (including phenoxy) is 4. The van der Waals surface area contributed by atoms with Gasteiger partial charge in [0.2, 0.25) is 0 Å². The standard InChI is InChI=1S/C21H18FNO8/c1-21(2)30-19(24)15(20(25)31-21)9-12-4-7-17(28-3)13(8-12)11-29-18-10-14(22)5-6-16(18)23(26)27/h4-10H,11H2,1-3H3. The van der Waals surface area contributed by atoms with Crippen LogP contribution in [0.4, 0.5) is 10.1 Å². The van der Waals surface area contributed by atoms with E-state index in [2.05, 4.69) is 0 Å². The van der Waals surface area contributed by atoms with Crippen molar-refractivity contribution in [2.24, 2.45) is 0 Å². The van der Waals surface area contributed by atoms with Gasteiger partial charge in [-0.15, -0.1) is 0 Å². The Kier molecular flexibility index (Phi) is 5.91. The van der Waals surface area contributed by atoms with Gasteiger partial charge < -0.3 is 18.9 Å². The summed E-state index contributed by atoms with van der Waals surface area (Å²) >= 11 is 0. The minimum absolute atomic E-state index is 0.202. The van der Waals surface area contributed by atoms with Crippen LogP contribution in [0.25, 0.3) is 6.08 Å². The number of rotatable bonds is 6. The molecule has 0 aliphatic carbocycles. The van der Waals surface area contributed by atoms with Gasteiger partial charge in [-0.1, -0.05) is 6.07 Å². The molecular formula is C21H18FNO8. The second-order valence-electron chi connectivity index (χ2n) is 6.97. The van der Waals surface area contributed by atoms with Crippen molar-refractivity contribution >= 4 is 23.7 Å². The quantitative estimate of drug-likeness (QED) is 0.224. The molecule has 0 amide bonds. The number of carbonyl (C=O) groups is 2. The molecule has 1 aliphatic heterocycles. The zero-order valence-corrected chi connectivity index (χ0v) is 16.8. The van der Waals surface area contributed by atoms with Gasteiger partial charge in [-0.3, -0.25) is 10.1 Å². The Morgan fingerprint density at radius 1 is 1.10 bits per heavy atom. The summed E-state index contributed by atoms with van der Waals surface area (Å²) in [6, 6.07) is 7.57. The lowest BCUT2D eigenvalue weighted by Gasteiger charge is -2.29. The van der Waals surface area contributed by atoms with E-state index >= 15 is 0 Å². The predicted molar refractivity (Wildman–Crippen MR) is 105 cm³/mol. The third-order valence-electron chi connectivity index (χ3n) is 4.23. The Hall–Kier alpha value is -3.95. The number of cyclic esters (lactones) is 2. The summed E-state index contributed by atoms with van der Waals surface area (Å²) in [5, 5.41) is 11.1. The number of nitro groups is 1. The van der Waals surface area contributed by atoms with Gasteiger partial charge in [-0.2, -0.15) is 0 Å². The molecule has 0 saturated carbocycles. The fourth-order valence-corrected chi connectivity index (χ4v) is 2.86. The minimum Gasteiger partial charge on any atom is -0.496 e. The molecule has 1 saturated heterocycles. The maximum Gasteiger partial charge on any atom is 0.348 e. The number of nitro benzene ring substituents is 1. The van der Waals surface area contributed by atoms with Crippen molar-refractivity contribution in [3.8, 4) is 11.5 Å². The maximum atomic E-state index is 13.5. The summed E-state index contributed by atoms with van der Waals surface area (Å²) in [5.74, 6) is -3.57. The van der Waals surface area contributed by atoms with E-state index in [0.29, 0.717) is 16.9 Å². The highest BCUT2D eigenvalue weighted by molar-refractivity contribution is 6.18. The molecule has 31 heavy (non-hydrogen) atoms. The van der Waals surface area contributed by atoms with Crippen LogP contribution in [0.3, 0.4) is 0 Å². The molecule has 1 fully saturated rings. The summed E-state index contributed by atoms with van der Waals surface area (Å²) < 4.78 is 34.3. The van der Waals surface area contributed by atoms with Crippen LogP contribution in [0.15, 0.2) is 42.0 Å². The number of carbonyl (C=O) groups excluding carboxylic acids is 2. The Morgan fingerprint density at radius 2 is 1.77 bits per heavy atom. The minimum atomic E-state index is -1.36. The zero-order chi connectivity index (χ0) is 22.8. The number of esters is 2. The van der Waals surface area contributed by atoms with Crippen LogP contribution >= 0.6 is 0 Å². The van der Waals surface area contributed by atoms with Gasteiger partial charge in [0.25, 0.3) is 5.79 Å². The molecule has 1 heterocycles. The van der Waals surface area contributed by atoms with E-state index in [0.717, 1.165) is 18.2 Å². The second kappa shape index (κ2) is 8.42. The van der Waals surface area contributed by atoms with Crippen molar-refractivity contribution < 1.29 is 37.9 Å². The Balaban J connectivity index is 1.89. The van der Waals surface area contributed by atoms with Crippen LogP contribution in [-0.4, -0.2) is 29.8 Å². The Labute approximate surface area is 176 Å². The zero-order valence-electron chi connectivity index (χ0n) is 16.8. The van der Waals surface area contributed by atoms with Crippen molar-refractivity contribution in [1.82, 2.24) is 0 Å². The van der Waals surface area contributed by atoms with Gasteiger partial charge in [-0.25, -0.2) is 14.0 Å². The molecule has 162 valence electrons. The number of hydrogen-bond acceptors (Lipinski definition) is 8. The highest BCUT2D eigenvalue weighted by atomic mass is 19.1. The van der Waals surface area contributed by atoms with Gasteiger partial charge in [0.05, 0.1) is 12.0 Å². The molecule has 0 unspecified atom stereocenters. The molecule has 0 N–H and O–H groups in total. The molecule has 3 rings (SSSR count). The molecule has 0 radical (unpaired) electrons. The predicted octanol–water partition coefficient (Wildman–Crippen LogP) is 3.54. The van der Waals surface area contributed by atoms with Gasteiger partial charge in [0.15, 0.2) is 5.75 Å². The molecular weight excluding hydrogens is 413 g/mol. The van der Waals surface area contributed by atoms with Crippen LogP contribution < -0.4 is 9.47 Å². The molecule has 10 heteroatoms. The third-order valence-corrected chi connectivity index (χ3v) is 4.23. The van der Waals surface area contributed by atoms with Crippen LogP contribution in [0.2, 0.25) is 0 Å². The lowest BCUT2D eigenvalue weighted by Crippen LogP contribution is -2.41. The Morgan fingerprint density at radius 3 is 2.39 bits per heavy atom. The molecule has 2 aromatic rings.